The molecule has 5 heteroatoms. The molecular weight excluding hydrogens is 364 g/mol. The number of fused-ring (bicyclic) bond motifs is 1. The summed E-state index contributed by atoms with van der Waals surface area (Å²) in [5, 5.41) is 13.1. The van der Waals surface area contributed by atoms with Crippen molar-refractivity contribution in [1.82, 2.24) is 10.2 Å². The largest absolute Gasteiger partial charge is 0.508 e. The Morgan fingerprint density at radius 1 is 1.14 bits per heavy atom. The zero-order valence-corrected chi connectivity index (χ0v) is 17.2. The zero-order chi connectivity index (χ0) is 20.1. The number of nitrogens with zero attached hydrogens (tertiary/aromatic N) is 1. The van der Waals surface area contributed by atoms with Gasteiger partial charge < -0.3 is 19.9 Å². The second kappa shape index (κ2) is 9.51. The van der Waals surface area contributed by atoms with Crippen LogP contribution in [0.5, 0.6) is 17.2 Å². The first-order valence-electron chi connectivity index (χ1n) is 10.9. The minimum absolute atomic E-state index is 0.0175. The average molecular weight is 397 g/mol. The van der Waals surface area contributed by atoms with Crippen molar-refractivity contribution in [1.29, 1.82) is 0 Å². The molecule has 0 aliphatic carbocycles. The highest BCUT2D eigenvalue weighted by Gasteiger charge is 2.33. The summed E-state index contributed by atoms with van der Waals surface area (Å²) in [6.07, 6.45) is 4.58. The average Bonchev–Trinajstić information content (AvgIpc) is 2.77. The Hall–Kier alpha value is -2.24. The Morgan fingerprint density at radius 3 is 2.72 bits per heavy atom. The van der Waals surface area contributed by atoms with Crippen molar-refractivity contribution < 1.29 is 14.6 Å². The van der Waals surface area contributed by atoms with Gasteiger partial charge in [0.15, 0.2) is 17.7 Å². The number of piperazine rings is 1. The van der Waals surface area contributed by atoms with Gasteiger partial charge in [-0.25, -0.2) is 0 Å². The second-order valence-electron chi connectivity index (χ2n) is 8.05. The summed E-state index contributed by atoms with van der Waals surface area (Å²) < 4.78 is 12.2. The lowest BCUT2D eigenvalue weighted by Crippen LogP contribution is -2.58. The van der Waals surface area contributed by atoms with E-state index in [1.165, 1.54) is 12.0 Å². The van der Waals surface area contributed by atoms with Crippen molar-refractivity contribution in [2.24, 2.45) is 0 Å². The van der Waals surface area contributed by atoms with Gasteiger partial charge in [0.05, 0.1) is 0 Å². The lowest BCUT2D eigenvalue weighted by Gasteiger charge is -2.42. The quantitative estimate of drug-likeness (QED) is 0.737. The van der Waals surface area contributed by atoms with Gasteiger partial charge in [-0.1, -0.05) is 37.6 Å². The monoisotopic (exact) mass is 396 g/mol. The van der Waals surface area contributed by atoms with Crippen LogP contribution in [-0.2, 0) is 0 Å². The van der Waals surface area contributed by atoms with Crippen molar-refractivity contribution in [3.63, 3.8) is 0 Å². The molecule has 0 saturated carbocycles. The molecule has 2 heterocycles. The van der Waals surface area contributed by atoms with Crippen molar-refractivity contribution in [3.8, 4) is 17.2 Å². The number of rotatable bonds is 7. The molecule has 2 aliphatic rings. The van der Waals surface area contributed by atoms with Crippen LogP contribution < -0.4 is 14.8 Å². The molecular formula is C24H32N2O3. The molecule has 0 bridgehead atoms. The highest BCUT2D eigenvalue weighted by atomic mass is 16.6. The van der Waals surface area contributed by atoms with Gasteiger partial charge in [-0.2, -0.15) is 0 Å². The van der Waals surface area contributed by atoms with Crippen LogP contribution >= 0.6 is 0 Å². The fraction of sp³-hybridized carbons (Fsp3) is 0.500. The van der Waals surface area contributed by atoms with E-state index in [1.54, 1.807) is 12.1 Å². The van der Waals surface area contributed by atoms with Gasteiger partial charge in [-0.15, -0.1) is 0 Å². The fourth-order valence-corrected chi connectivity index (χ4v) is 4.55. The molecule has 0 radical (unpaired) electrons. The summed E-state index contributed by atoms with van der Waals surface area (Å²) in [6, 6.07) is 16.1. The molecule has 3 unspecified atom stereocenters. The molecule has 2 aliphatic heterocycles. The standard InChI is InChI=1S/C24H32N2O3/c1-2-18(19-10-12-21(27)13-11-19)6-5-7-20-16-25-14-15-26(20)24-17-28-22-8-3-4-9-23(22)29-24/h3-4,8-13,18,20,24-25,27H,2,5-7,14-17H2,1H3. The molecule has 3 atom stereocenters. The Balaban J connectivity index is 1.34. The molecule has 156 valence electrons. The van der Waals surface area contributed by atoms with Gasteiger partial charge in [0.2, 0.25) is 0 Å². The van der Waals surface area contributed by atoms with E-state index >= 15 is 0 Å². The minimum atomic E-state index is -0.0175. The summed E-state index contributed by atoms with van der Waals surface area (Å²) in [4.78, 5) is 2.48. The van der Waals surface area contributed by atoms with Crippen LogP contribution in [0.15, 0.2) is 48.5 Å². The Kier molecular flexibility index (Phi) is 6.57. The van der Waals surface area contributed by atoms with Gasteiger partial charge in [0.1, 0.15) is 12.4 Å². The van der Waals surface area contributed by atoms with E-state index in [1.807, 2.05) is 24.3 Å². The van der Waals surface area contributed by atoms with Crippen molar-refractivity contribution >= 4 is 0 Å². The van der Waals surface area contributed by atoms with Gasteiger partial charge in [-0.05, 0) is 55.0 Å². The van der Waals surface area contributed by atoms with E-state index in [9.17, 15) is 5.11 Å². The molecule has 1 saturated heterocycles. The lowest BCUT2D eigenvalue weighted by atomic mass is 9.90. The maximum atomic E-state index is 9.54. The molecule has 2 aromatic rings. The molecule has 5 nitrogen and oxygen atoms in total. The summed E-state index contributed by atoms with van der Waals surface area (Å²) in [6.45, 7) is 5.80. The van der Waals surface area contributed by atoms with Crippen LogP contribution in [0.3, 0.4) is 0 Å². The van der Waals surface area contributed by atoms with Crippen LogP contribution in [-0.4, -0.2) is 48.5 Å². The van der Waals surface area contributed by atoms with E-state index in [2.05, 4.69) is 29.3 Å². The van der Waals surface area contributed by atoms with Gasteiger partial charge >= 0.3 is 0 Å². The van der Waals surface area contributed by atoms with E-state index in [0.717, 1.165) is 50.4 Å². The van der Waals surface area contributed by atoms with Gasteiger partial charge in [0, 0.05) is 25.7 Å². The number of nitrogens with one attached hydrogen (secondary N) is 1. The van der Waals surface area contributed by atoms with Gasteiger partial charge in [-0.3, -0.25) is 4.90 Å². The molecule has 29 heavy (non-hydrogen) atoms. The number of phenolic OH excluding ortho intramolecular Hbond substituents is 1. The summed E-state index contributed by atoms with van der Waals surface area (Å²) in [7, 11) is 0. The number of ether oxygens (including phenoxy) is 2. The molecule has 0 amide bonds. The van der Waals surface area contributed by atoms with Crippen LogP contribution in [0, 0.1) is 0 Å². The highest BCUT2D eigenvalue weighted by Crippen LogP contribution is 2.33. The predicted octanol–water partition coefficient (Wildman–Crippen LogP) is 4.13. The van der Waals surface area contributed by atoms with E-state index in [-0.39, 0.29) is 6.23 Å². The zero-order valence-electron chi connectivity index (χ0n) is 17.2. The first-order valence-corrected chi connectivity index (χ1v) is 10.9. The van der Waals surface area contributed by atoms with Crippen molar-refractivity contribution in [3.05, 3.63) is 54.1 Å². The minimum Gasteiger partial charge on any atom is -0.508 e. The van der Waals surface area contributed by atoms with E-state index in [4.69, 9.17) is 9.47 Å². The number of phenols is 1. The number of para-hydroxylation sites is 2. The Morgan fingerprint density at radius 2 is 1.93 bits per heavy atom. The second-order valence-corrected chi connectivity index (χ2v) is 8.05. The Bertz CT molecular complexity index is 780. The lowest BCUT2D eigenvalue weighted by molar-refractivity contribution is -0.0606. The Labute approximate surface area is 173 Å². The molecule has 0 aromatic heterocycles. The summed E-state index contributed by atoms with van der Waals surface area (Å²) in [5.41, 5.74) is 1.32. The molecule has 4 rings (SSSR count). The highest BCUT2D eigenvalue weighted by molar-refractivity contribution is 5.40. The third-order valence-corrected chi connectivity index (χ3v) is 6.21. The van der Waals surface area contributed by atoms with Crippen molar-refractivity contribution in [2.45, 2.75) is 50.8 Å². The summed E-state index contributed by atoms with van der Waals surface area (Å²) in [5.74, 6) is 2.57. The van der Waals surface area contributed by atoms with E-state index < -0.39 is 0 Å². The van der Waals surface area contributed by atoms with Crippen LogP contribution in [0.1, 0.15) is 44.1 Å². The number of hydrogen-bond acceptors (Lipinski definition) is 5. The number of benzene rings is 2. The molecule has 1 fully saturated rings. The van der Waals surface area contributed by atoms with Gasteiger partial charge in [0.25, 0.3) is 0 Å². The maximum absolute atomic E-state index is 9.54. The predicted molar refractivity (Wildman–Crippen MR) is 115 cm³/mol. The summed E-state index contributed by atoms with van der Waals surface area (Å²) >= 11 is 0. The third kappa shape index (κ3) is 4.85. The fourth-order valence-electron chi connectivity index (χ4n) is 4.55. The smallest absolute Gasteiger partial charge is 0.187 e. The van der Waals surface area contributed by atoms with E-state index in [0.29, 0.717) is 24.3 Å². The SMILES string of the molecule is CCC(CCCC1CNCCN1C1COc2ccccc2O1)c1ccc(O)cc1. The maximum Gasteiger partial charge on any atom is 0.187 e. The van der Waals surface area contributed by atoms with Crippen LogP contribution in [0.4, 0.5) is 0 Å². The van der Waals surface area contributed by atoms with Crippen molar-refractivity contribution in [2.75, 3.05) is 26.2 Å². The number of hydrogen-bond donors (Lipinski definition) is 2. The molecule has 2 aromatic carbocycles. The topological polar surface area (TPSA) is 54.0 Å². The third-order valence-electron chi connectivity index (χ3n) is 6.21. The normalized spacial score (nSPS) is 22.9. The van der Waals surface area contributed by atoms with Crippen LogP contribution in [0.25, 0.3) is 0 Å². The first kappa shape index (κ1) is 20.0. The molecule has 0 spiro atoms. The molecule has 2 N–H and O–H groups in total. The van der Waals surface area contributed by atoms with Crippen LogP contribution in [0.2, 0.25) is 0 Å². The first-order chi connectivity index (χ1) is 14.2. The number of aromatic hydroxyl groups is 1.